The molecule has 0 fully saturated rings. The number of benzene rings is 2. The van der Waals surface area contributed by atoms with Gasteiger partial charge in [-0.1, -0.05) is 23.7 Å². The van der Waals surface area contributed by atoms with Crippen LogP contribution in [-0.4, -0.2) is 33.5 Å². The van der Waals surface area contributed by atoms with Gasteiger partial charge >= 0.3 is 12.1 Å². The van der Waals surface area contributed by atoms with Crippen molar-refractivity contribution in [2.24, 2.45) is 11.1 Å². The Bertz CT molecular complexity index is 1340. The Kier molecular flexibility index (Phi) is 7.67. The van der Waals surface area contributed by atoms with Gasteiger partial charge in [0.2, 0.25) is 15.9 Å². The van der Waals surface area contributed by atoms with Gasteiger partial charge < -0.3 is 14.8 Å². The molecule has 36 heavy (non-hydrogen) atoms. The fourth-order valence-electron chi connectivity index (χ4n) is 3.19. The number of carbonyl (C=O) groups excluding carboxylic acids is 1. The Morgan fingerprint density at radius 2 is 1.83 bits per heavy atom. The molecule has 1 aliphatic rings. The van der Waals surface area contributed by atoms with Gasteiger partial charge in [0, 0.05) is 17.3 Å². The van der Waals surface area contributed by atoms with Crippen molar-refractivity contribution in [1.29, 1.82) is 0 Å². The largest absolute Gasteiger partial charge is 0.497 e. The van der Waals surface area contributed by atoms with Crippen LogP contribution < -0.4 is 19.9 Å². The molecule has 3 rings (SSSR count). The summed E-state index contributed by atoms with van der Waals surface area (Å²) in [4.78, 5) is 12.7. The third-order valence-corrected chi connectivity index (χ3v) is 6.25. The van der Waals surface area contributed by atoms with Crippen LogP contribution in [0.15, 0.2) is 70.8 Å². The van der Waals surface area contributed by atoms with Gasteiger partial charge in [-0.05, 0) is 42.8 Å². The zero-order chi connectivity index (χ0) is 26.9. The van der Waals surface area contributed by atoms with Crippen LogP contribution in [0.2, 0.25) is 5.02 Å². The van der Waals surface area contributed by atoms with E-state index in [0.717, 1.165) is 6.07 Å². The number of rotatable bonds is 7. The second kappa shape index (κ2) is 10.1. The number of primary sulfonamides is 1. The van der Waals surface area contributed by atoms with E-state index >= 15 is 0 Å². The first kappa shape index (κ1) is 27.4. The van der Waals surface area contributed by atoms with Gasteiger partial charge in [-0.25, -0.2) is 13.6 Å². The molecule has 0 bridgehead atoms. The maximum atomic E-state index is 14.0. The summed E-state index contributed by atoms with van der Waals surface area (Å²) in [5, 5.41) is 7.40. The molecule has 2 aromatic carbocycles. The molecule has 194 valence electrons. The molecule has 0 aliphatic heterocycles. The van der Waals surface area contributed by atoms with Crippen LogP contribution in [0.1, 0.15) is 6.42 Å². The molecule has 14 heteroatoms. The van der Waals surface area contributed by atoms with Crippen LogP contribution in [0.4, 0.5) is 27.6 Å². The van der Waals surface area contributed by atoms with Crippen LogP contribution in [0, 0.1) is 5.92 Å². The predicted molar refractivity (Wildman–Crippen MR) is 120 cm³/mol. The van der Waals surface area contributed by atoms with Crippen LogP contribution >= 0.6 is 11.6 Å². The van der Waals surface area contributed by atoms with Gasteiger partial charge in [-0.2, -0.15) is 22.0 Å². The molecule has 0 saturated carbocycles. The summed E-state index contributed by atoms with van der Waals surface area (Å²) in [6.45, 7) is 0. The Labute approximate surface area is 207 Å². The van der Waals surface area contributed by atoms with E-state index in [-0.39, 0.29) is 21.4 Å². The van der Waals surface area contributed by atoms with Crippen LogP contribution in [0.25, 0.3) is 0 Å². The quantitative estimate of drug-likeness (QED) is 0.468. The van der Waals surface area contributed by atoms with Gasteiger partial charge in [-0.15, -0.1) is 0 Å². The molecule has 1 unspecified atom stereocenters. The third kappa shape index (κ3) is 5.97. The van der Waals surface area contributed by atoms with Crippen molar-refractivity contribution < 1.29 is 44.6 Å². The zero-order valence-electron chi connectivity index (χ0n) is 18.3. The Hall–Kier alpha value is -3.16. The molecule has 2 aromatic rings. The van der Waals surface area contributed by atoms with E-state index in [0.29, 0.717) is 17.9 Å². The van der Waals surface area contributed by atoms with Crippen LogP contribution in [-0.2, 0) is 14.8 Å². The fraction of sp³-hybridized carbons (Fsp3) is 0.227. The van der Waals surface area contributed by atoms with E-state index in [2.05, 4.69) is 5.32 Å². The number of anilines is 1. The second-order valence-electron chi connectivity index (χ2n) is 7.53. The number of hydrogen-bond acceptors (Lipinski definition) is 5. The first-order chi connectivity index (χ1) is 16.6. The highest BCUT2D eigenvalue weighted by Gasteiger charge is 2.60. The smallest absolute Gasteiger partial charge is 0.458 e. The van der Waals surface area contributed by atoms with Crippen molar-refractivity contribution in [3.05, 3.63) is 71.0 Å². The molecule has 0 spiro atoms. The van der Waals surface area contributed by atoms with Crippen molar-refractivity contribution in [2.75, 3.05) is 12.4 Å². The minimum absolute atomic E-state index is 0.0104. The number of halogens is 6. The molecule has 3 N–H and O–H groups in total. The third-order valence-electron chi connectivity index (χ3n) is 5.05. The molecule has 0 heterocycles. The lowest BCUT2D eigenvalue weighted by molar-refractivity contribution is -0.263. The lowest BCUT2D eigenvalue weighted by Gasteiger charge is -2.27. The van der Waals surface area contributed by atoms with Gasteiger partial charge in [0.25, 0.3) is 0 Å². The fourth-order valence-corrected chi connectivity index (χ4v) is 3.96. The number of sulfonamides is 1. The van der Waals surface area contributed by atoms with Crippen molar-refractivity contribution in [3.63, 3.8) is 0 Å². The number of amides is 1. The monoisotopic (exact) mass is 552 g/mol. The highest BCUT2D eigenvalue weighted by atomic mass is 35.5. The first-order valence-electron chi connectivity index (χ1n) is 9.95. The van der Waals surface area contributed by atoms with Gasteiger partial charge in [0.1, 0.15) is 17.3 Å². The molecule has 1 aliphatic carbocycles. The van der Waals surface area contributed by atoms with E-state index in [1.54, 1.807) is 0 Å². The lowest BCUT2D eigenvalue weighted by Crippen LogP contribution is -2.39. The Morgan fingerprint density at radius 1 is 1.14 bits per heavy atom. The van der Waals surface area contributed by atoms with Crippen molar-refractivity contribution >= 4 is 33.2 Å². The second-order valence-corrected chi connectivity index (χ2v) is 9.50. The topological polar surface area (TPSA) is 108 Å². The Balaban J connectivity index is 1.97. The Morgan fingerprint density at radius 3 is 2.42 bits per heavy atom. The standard InChI is InChI=1S/C22H18ClF5N2O5S/c1-34-14-6-8-18(17(23)11-14)35-19-9-12(21(24,25)22(26,27)28)5-7-16(19)20(31)30-13-3-2-4-15(10-13)36(29,32)33/h2-6,8-11,16H,7H2,1H3,(H,30,31)(H2,29,32,33). The molecule has 1 atom stereocenters. The maximum Gasteiger partial charge on any atom is 0.458 e. The SMILES string of the molecule is COc1ccc(OC2=CC(C(F)(F)C(F)(F)F)=CCC2C(=O)Nc2cccc(S(N)(=O)=O)c2)c(Cl)c1. The van der Waals surface area contributed by atoms with E-state index < -0.39 is 51.7 Å². The average Bonchev–Trinajstić information content (AvgIpc) is 2.79. The number of hydrogen-bond donors (Lipinski definition) is 2. The van der Waals surface area contributed by atoms with E-state index in [1.807, 2.05) is 0 Å². The minimum atomic E-state index is -5.89. The molecule has 7 nitrogen and oxygen atoms in total. The number of carbonyl (C=O) groups is 1. The highest BCUT2D eigenvalue weighted by molar-refractivity contribution is 7.89. The number of ether oxygens (including phenoxy) is 2. The zero-order valence-corrected chi connectivity index (χ0v) is 19.8. The molecular formula is C22H18ClF5N2O5S. The van der Waals surface area contributed by atoms with E-state index in [4.69, 9.17) is 26.2 Å². The van der Waals surface area contributed by atoms with Crippen molar-refractivity contribution in [3.8, 4) is 11.5 Å². The predicted octanol–water partition coefficient (Wildman–Crippen LogP) is 5.04. The summed E-state index contributed by atoms with van der Waals surface area (Å²) in [6.07, 6.45) is -5.45. The maximum absolute atomic E-state index is 14.0. The summed E-state index contributed by atoms with van der Waals surface area (Å²) in [7, 11) is -2.74. The number of allylic oxidation sites excluding steroid dienone is 3. The summed E-state index contributed by atoms with van der Waals surface area (Å²) >= 11 is 6.10. The molecule has 0 aromatic heterocycles. The molecule has 0 radical (unpaired) electrons. The van der Waals surface area contributed by atoms with Gasteiger partial charge in [0.05, 0.1) is 22.9 Å². The van der Waals surface area contributed by atoms with E-state index in [9.17, 15) is 35.2 Å². The van der Waals surface area contributed by atoms with Crippen LogP contribution in [0.3, 0.4) is 0 Å². The first-order valence-corrected chi connectivity index (χ1v) is 11.9. The summed E-state index contributed by atoms with van der Waals surface area (Å²) < 4.78 is 101. The van der Waals surface area contributed by atoms with Crippen molar-refractivity contribution in [2.45, 2.75) is 23.4 Å². The van der Waals surface area contributed by atoms with Crippen LogP contribution in [0.5, 0.6) is 11.5 Å². The summed E-state index contributed by atoms with van der Waals surface area (Å²) in [5.74, 6) is -7.80. The summed E-state index contributed by atoms with van der Waals surface area (Å²) in [6, 6.07) is 8.86. The minimum Gasteiger partial charge on any atom is -0.497 e. The molecule has 0 saturated heterocycles. The number of nitrogens with one attached hydrogen (secondary N) is 1. The average molecular weight is 553 g/mol. The van der Waals surface area contributed by atoms with Gasteiger partial charge in [-0.3, -0.25) is 4.79 Å². The lowest BCUT2D eigenvalue weighted by atomic mass is 9.90. The number of methoxy groups -OCH3 is 1. The molecular weight excluding hydrogens is 535 g/mol. The van der Waals surface area contributed by atoms with Gasteiger partial charge in [0.15, 0.2) is 0 Å². The van der Waals surface area contributed by atoms with Crippen molar-refractivity contribution in [1.82, 2.24) is 0 Å². The summed E-state index contributed by atoms with van der Waals surface area (Å²) in [5.41, 5.74) is -1.42. The molecule has 1 amide bonds. The normalized spacial score (nSPS) is 16.6. The number of nitrogens with two attached hydrogens (primary N) is 1. The number of alkyl halides is 5. The highest BCUT2D eigenvalue weighted by Crippen LogP contribution is 2.45. The van der Waals surface area contributed by atoms with E-state index in [1.165, 1.54) is 43.5 Å².